The largest absolute Gasteiger partial charge is 0.302 e. The lowest BCUT2D eigenvalue weighted by Crippen LogP contribution is -2.16. The normalized spacial score (nSPS) is 12.6. The summed E-state index contributed by atoms with van der Waals surface area (Å²) >= 11 is 8.47. The minimum absolute atomic E-state index is 0.0497. The number of aromatic amines is 1. The Bertz CT molecular complexity index is 1290. The van der Waals surface area contributed by atoms with Crippen molar-refractivity contribution in [2.45, 2.75) is 17.7 Å². The highest BCUT2D eigenvalue weighted by Gasteiger charge is 2.16. The fourth-order valence-electron chi connectivity index (χ4n) is 2.00. The highest BCUT2D eigenvalue weighted by atomic mass is 35.5. The Morgan fingerprint density at radius 1 is 1.45 bits per heavy atom. The van der Waals surface area contributed by atoms with Crippen LogP contribution in [0.4, 0.5) is 5.95 Å². The molecule has 0 aromatic carbocycles. The first-order chi connectivity index (χ1) is 13.8. The summed E-state index contributed by atoms with van der Waals surface area (Å²) in [6.07, 6.45) is 2.93. The molecule has 0 bridgehead atoms. The fraction of sp³-hybridized carbons (Fsp3) is 0.133. The minimum Gasteiger partial charge on any atom is -0.302 e. The molecule has 3 aromatic heterocycles. The van der Waals surface area contributed by atoms with Crippen molar-refractivity contribution in [3.05, 3.63) is 61.0 Å². The maximum atomic E-state index is 12.5. The third-order valence-corrected chi connectivity index (χ3v) is 7.63. The number of allylic oxidation sites excluding steroid dienone is 1. The van der Waals surface area contributed by atoms with Crippen LogP contribution in [0.15, 0.2) is 48.7 Å². The van der Waals surface area contributed by atoms with Gasteiger partial charge in [0.05, 0.1) is 11.1 Å². The molecule has 3 aromatic rings. The third kappa shape index (κ3) is 4.87. The van der Waals surface area contributed by atoms with Crippen molar-refractivity contribution in [1.29, 1.82) is 0 Å². The van der Waals surface area contributed by atoms with Gasteiger partial charge in [0.2, 0.25) is 10.7 Å². The Kier molecular flexibility index (Phi) is 6.42. The summed E-state index contributed by atoms with van der Waals surface area (Å²) in [6.45, 7) is 5.43. The van der Waals surface area contributed by atoms with E-state index in [4.69, 9.17) is 11.6 Å². The van der Waals surface area contributed by atoms with Crippen LogP contribution < -0.4 is 15.8 Å². The van der Waals surface area contributed by atoms with Gasteiger partial charge in [-0.1, -0.05) is 35.1 Å². The van der Waals surface area contributed by atoms with Gasteiger partial charge in [-0.3, -0.25) is 9.78 Å². The predicted octanol–water partition coefficient (Wildman–Crippen LogP) is 1.97. The van der Waals surface area contributed by atoms with E-state index in [0.29, 0.717) is 4.88 Å². The molecule has 29 heavy (non-hydrogen) atoms. The Labute approximate surface area is 178 Å². The first kappa shape index (κ1) is 21.1. The van der Waals surface area contributed by atoms with E-state index < -0.39 is 15.6 Å². The van der Waals surface area contributed by atoms with E-state index in [0.717, 1.165) is 22.7 Å². The number of rotatable bonds is 7. The van der Waals surface area contributed by atoms with E-state index in [9.17, 15) is 13.2 Å². The van der Waals surface area contributed by atoms with Gasteiger partial charge < -0.3 is 4.57 Å². The summed E-state index contributed by atoms with van der Waals surface area (Å²) < 4.78 is 30.5. The fourth-order valence-corrected chi connectivity index (χ4v) is 5.44. The van der Waals surface area contributed by atoms with Crippen molar-refractivity contribution in [1.82, 2.24) is 19.7 Å². The molecule has 0 aliphatic heterocycles. The zero-order valence-electron chi connectivity index (χ0n) is 14.9. The first-order valence-electron chi connectivity index (χ1n) is 7.89. The number of thiophene rings is 1. The Balaban J connectivity index is 1.95. The lowest BCUT2D eigenvalue weighted by Gasteiger charge is -2.00. The Morgan fingerprint density at radius 2 is 2.24 bits per heavy atom. The number of sulfonamides is 1. The number of hydrogen-bond acceptors (Lipinski definition) is 9. The average Bonchev–Trinajstić information content (AvgIpc) is 3.30. The van der Waals surface area contributed by atoms with Gasteiger partial charge in [0.15, 0.2) is 0 Å². The number of H-pyrrole nitrogens is 1. The van der Waals surface area contributed by atoms with Gasteiger partial charge in [0.1, 0.15) is 15.1 Å². The van der Waals surface area contributed by atoms with Gasteiger partial charge in [0, 0.05) is 6.54 Å². The van der Waals surface area contributed by atoms with Gasteiger partial charge >= 0.3 is 0 Å². The van der Waals surface area contributed by atoms with E-state index >= 15 is 0 Å². The van der Waals surface area contributed by atoms with E-state index in [1.54, 1.807) is 17.5 Å². The molecule has 2 N–H and O–H groups in total. The number of anilines is 1. The number of thiazole rings is 1. The first-order valence-corrected chi connectivity index (χ1v) is 11.4. The number of nitrogens with one attached hydrogen (secondary N) is 2. The quantitative estimate of drug-likeness (QED) is 0.307. The molecule has 0 amide bonds. The average molecular weight is 472 g/mol. The Hall–Kier alpha value is -2.61. The second-order valence-electron chi connectivity index (χ2n) is 5.40. The number of aromatic nitrogens is 4. The highest BCUT2D eigenvalue weighted by Crippen LogP contribution is 2.20. The topological polar surface area (TPSA) is 134 Å². The molecule has 152 valence electrons. The summed E-state index contributed by atoms with van der Waals surface area (Å²) in [5, 5.41) is 13.3. The van der Waals surface area contributed by atoms with Gasteiger partial charge in [0.25, 0.3) is 15.6 Å². The van der Waals surface area contributed by atoms with Crippen LogP contribution in [0.25, 0.3) is 0 Å². The lowest BCUT2D eigenvalue weighted by molar-refractivity contribution is 0.597. The van der Waals surface area contributed by atoms with E-state index in [1.165, 1.54) is 23.8 Å². The zero-order valence-corrected chi connectivity index (χ0v) is 18.1. The van der Waals surface area contributed by atoms with E-state index in [2.05, 4.69) is 36.7 Å². The number of hydrogen-bond donors (Lipinski definition) is 2. The van der Waals surface area contributed by atoms with Crippen molar-refractivity contribution in [3.63, 3.8) is 0 Å². The predicted molar refractivity (Wildman–Crippen MR) is 113 cm³/mol. The summed E-state index contributed by atoms with van der Waals surface area (Å²) in [7, 11) is -3.86. The molecule has 0 unspecified atom stereocenters. The van der Waals surface area contributed by atoms with Gasteiger partial charge in [-0.25, -0.2) is 5.43 Å². The second kappa shape index (κ2) is 8.82. The van der Waals surface area contributed by atoms with Crippen LogP contribution in [0, 0.1) is 6.92 Å². The van der Waals surface area contributed by atoms with Crippen molar-refractivity contribution in [2.24, 2.45) is 9.50 Å². The summed E-state index contributed by atoms with van der Waals surface area (Å²) in [6, 6.07) is 3.11. The SMILES string of the molecule is C=CCn1c(Cl)c(C=NNc2nnc(C)c(=O)[nH]2)sc1=NS(=O)(=O)c1cccs1. The molecule has 0 atom stereocenters. The Morgan fingerprint density at radius 3 is 2.90 bits per heavy atom. The molecular weight excluding hydrogens is 458 g/mol. The maximum absolute atomic E-state index is 12.5. The van der Waals surface area contributed by atoms with Crippen molar-refractivity contribution in [3.8, 4) is 0 Å². The van der Waals surface area contributed by atoms with Crippen molar-refractivity contribution < 1.29 is 8.42 Å². The summed E-state index contributed by atoms with van der Waals surface area (Å²) in [5.74, 6) is 0.0497. The summed E-state index contributed by atoms with van der Waals surface area (Å²) in [4.78, 5) is 14.6. The number of nitrogens with zero attached hydrogens (tertiary/aromatic N) is 5. The zero-order chi connectivity index (χ0) is 21.0. The number of hydrazone groups is 1. The van der Waals surface area contributed by atoms with Crippen molar-refractivity contribution >= 4 is 56.5 Å². The third-order valence-electron chi connectivity index (χ3n) is 3.34. The molecule has 3 rings (SSSR count). The molecular formula is C15H14ClN7O3S3. The number of aryl methyl sites for hydroxylation is 1. The maximum Gasteiger partial charge on any atom is 0.294 e. The standard InChI is InChI=1S/C15H14ClN7O3S3/c1-3-6-23-12(16)10(8-17-20-14-18-13(24)9(2)19-21-14)28-15(23)22-29(25,26)11-5-4-7-27-11/h3-5,7-8H,1,6H2,2H3,(H2,18,20,21,24). The van der Waals surface area contributed by atoms with Crippen LogP contribution in [-0.2, 0) is 16.6 Å². The van der Waals surface area contributed by atoms with Crippen LogP contribution in [0.5, 0.6) is 0 Å². The van der Waals surface area contributed by atoms with E-state index in [1.807, 2.05) is 0 Å². The molecule has 0 saturated heterocycles. The molecule has 0 radical (unpaired) electrons. The second-order valence-corrected chi connectivity index (χ2v) is 9.54. The lowest BCUT2D eigenvalue weighted by atomic mass is 10.5. The molecule has 0 spiro atoms. The van der Waals surface area contributed by atoms with Crippen LogP contribution in [0.2, 0.25) is 5.15 Å². The molecule has 14 heteroatoms. The van der Waals surface area contributed by atoms with Gasteiger partial charge in [-0.15, -0.1) is 32.5 Å². The van der Waals surface area contributed by atoms with Crippen LogP contribution in [0.1, 0.15) is 10.6 Å². The molecule has 0 fully saturated rings. The molecule has 3 heterocycles. The van der Waals surface area contributed by atoms with E-state index in [-0.39, 0.29) is 32.4 Å². The molecule has 0 aliphatic rings. The number of halogens is 1. The van der Waals surface area contributed by atoms with Crippen LogP contribution in [-0.4, -0.2) is 34.4 Å². The molecule has 0 saturated carbocycles. The van der Waals surface area contributed by atoms with Crippen molar-refractivity contribution in [2.75, 3.05) is 5.43 Å². The van der Waals surface area contributed by atoms with Crippen LogP contribution in [0.3, 0.4) is 0 Å². The summed E-state index contributed by atoms with van der Waals surface area (Å²) in [5.41, 5.74) is 2.36. The monoisotopic (exact) mass is 471 g/mol. The highest BCUT2D eigenvalue weighted by molar-refractivity contribution is 7.92. The minimum atomic E-state index is -3.86. The molecule has 0 aliphatic carbocycles. The van der Waals surface area contributed by atoms with Gasteiger partial charge in [-0.2, -0.15) is 13.5 Å². The van der Waals surface area contributed by atoms with Crippen LogP contribution >= 0.6 is 34.3 Å². The van der Waals surface area contributed by atoms with Gasteiger partial charge in [-0.05, 0) is 18.4 Å². The molecule has 10 nitrogen and oxygen atoms in total. The smallest absolute Gasteiger partial charge is 0.294 e.